The predicted molar refractivity (Wildman–Crippen MR) is 116 cm³/mol. The minimum Gasteiger partial charge on any atom is -0.340 e. The van der Waals surface area contributed by atoms with Gasteiger partial charge in [0.1, 0.15) is 5.69 Å². The smallest absolute Gasteiger partial charge is 0.232 e. The summed E-state index contributed by atoms with van der Waals surface area (Å²) in [6.45, 7) is 7.66. The average Bonchev–Trinajstić information content (AvgIpc) is 3.45. The van der Waals surface area contributed by atoms with Crippen molar-refractivity contribution in [2.75, 3.05) is 24.5 Å². The highest BCUT2D eigenvalue weighted by molar-refractivity contribution is 5.77. The molecule has 1 aromatic heterocycles. The van der Waals surface area contributed by atoms with E-state index in [4.69, 9.17) is 4.52 Å². The van der Waals surface area contributed by atoms with Crippen molar-refractivity contribution in [3.63, 3.8) is 0 Å². The van der Waals surface area contributed by atoms with Crippen molar-refractivity contribution in [2.45, 2.75) is 58.9 Å². The number of piperidine rings is 1. The standard InChI is InChI=1S/C24H33N3O2/c1-18(2)15-22(28)27(16-19-11-12-19)17-21-23(20-9-5-3-6-10-20)25-29-24(21)26-13-7-4-8-14-26/h3,5-6,9-10,18-19H,4,7-8,11-17H2,1-2H3. The summed E-state index contributed by atoms with van der Waals surface area (Å²) >= 11 is 0. The van der Waals surface area contributed by atoms with Gasteiger partial charge in [0.25, 0.3) is 0 Å². The number of anilines is 1. The maximum Gasteiger partial charge on any atom is 0.232 e. The maximum absolute atomic E-state index is 13.0. The van der Waals surface area contributed by atoms with Crippen LogP contribution in [0.2, 0.25) is 0 Å². The molecule has 0 unspecified atom stereocenters. The molecule has 1 amide bonds. The van der Waals surface area contributed by atoms with Gasteiger partial charge in [0.15, 0.2) is 0 Å². The fourth-order valence-corrected chi connectivity index (χ4v) is 4.15. The molecule has 29 heavy (non-hydrogen) atoms. The summed E-state index contributed by atoms with van der Waals surface area (Å²) in [5, 5.41) is 4.48. The molecule has 0 atom stereocenters. The van der Waals surface area contributed by atoms with E-state index < -0.39 is 0 Å². The van der Waals surface area contributed by atoms with Gasteiger partial charge in [-0.15, -0.1) is 0 Å². The van der Waals surface area contributed by atoms with E-state index in [1.807, 2.05) is 18.2 Å². The predicted octanol–water partition coefficient (Wildman–Crippen LogP) is 5.12. The van der Waals surface area contributed by atoms with Gasteiger partial charge < -0.3 is 14.3 Å². The van der Waals surface area contributed by atoms with E-state index in [2.05, 4.69) is 40.9 Å². The molecule has 2 aliphatic rings. The second kappa shape index (κ2) is 9.02. The Kier molecular flexibility index (Phi) is 6.22. The number of hydrogen-bond donors (Lipinski definition) is 0. The van der Waals surface area contributed by atoms with E-state index in [0.717, 1.165) is 42.3 Å². The van der Waals surface area contributed by atoms with E-state index in [-0.39, 0.29) is 5.91 Å². The fourth-order valence-electron chi connectivity index (χ4n) is 4.15. The number of amides is 1. The van der Waals surface area contributed by atoms with Gasteiger partial charge in [-0.3, -0.25) is 4.79 Å². The van der Waals surface area contributed by atoms with Crippen LogP contribution in [0, 0.1) is 11.8 Å². The molecule has 2 heterocycles. The summed E-state index contributed by atoms with van der Waals surface area (Å²) in [4.78, 5) is 17.4. The third kappa shape index (κ3) is 5.01. The molecule has 4 rings (SSSR count). The van der Waals surface area contributed by atoms with Crippen molar-refractivity contribution < 1.29 is 9.32 Å². The number of benzene rings is 1. The first-order chi connectivity index (χ1) is 14.1. The minimum atomic E-state index is 0.247. The van der Waals surface area contributed by atoms with Crippen molar-refractivity contribution in [1.29, 1.82) is 0 Å². The Balaban J connectivity index is 1.66. The summed E-state index contributed by atoms with van der Waals surface area (Å²) in [7, 11) is 0. The Bertz CT molecular complexity index is 805. The monoisotopic (exact) mass is 395 g/mol. The first-order valence-electron chi connectivity index (χ1n) is 11.2. The molecular weight excluding hydrogens is 362 g/mol. The number of rotatable bonds is 8. The van der Waals surface area contributed by atoms with Crippen molar-refractivity contribution in [3.8, 4) is 11.3 Å². The van der Waals surface area contributed by atoms with E-state index in [0.29, 0.717) is 24.8 Å². The number of carbonyl (C=O) groups is 1. The van der Waals surface area contributed by atoms with Crippen LogP contribution in [0.4, 0.5) is 5.88 Å². The molecule has 1 saturated carbocycles. The van der Waals surface area contributed by atoms with Crippen LogP contribution < -0.4 is 4.90 Å². The number of hydrogen-bond acceptors (Lipinski definition) is 4. The maximum atomic E-state index is 13.0. The van der Waals surface area contributed by atoms with Crippen LogP contribution in [0.15, 0.2) is 34.9 Å². The highest BCUT2D eigenvalue weighted by atomic mass is 16.5. The Morgan fingerprint density at radius 1 is 1.17 bits per heavy atom. The lowest BCUT2D eigenvalue weighted by atomic mass is 10.0. The third-order valence-electron chi connectivity index (χ3n) is 5.92. The van der Waals surface area contributed by atoms with Crippen molar-refractivity contribution in [2.24, 2.45) is 11.8 Å². The second-order valence-corrected chi connectivity index (χ2v) is 9.04. The third-order valence-corrected chi connectivity index (χ3v) is 5.92. The van der Waals surface area contributed by atoms with Crippen LogP contribution in [0.25, 0.3) is 11.3 Å². The molecule has 0 N–H and O–H groups in total. The lowest BCUT2D eigenvalue weighted by molar-refractivity contribution is -0.132. The van der Waals surface area contributed by atoms with E-state index in [9.17, 15) is 4.79 Å². The molecule has 1 aromatic carbocycles. The Labute approximate surface area is 174 Å². The zero-order chi connectivity index (χ0) is 20.2. The highest BCUT2D eigenvalue weighted by Crippen LogP contribution is 2.36. The van der Waals surface area contributed by atoms with E-state index in [1.54, 1.807) is 0 Å². The van der Waals surface area contributed by atoms with Crippen molar-refractivity contribution >= 4 is 11.8 Å². The molecule has 1 saturated heterocycles. The number of carbonyl (C=O) groups excluding carboxylic acids is 1. The van der Waals surface area contributed by atoms with Gasteiger partial charge in [-0.05, 0) is 43.9 Å². The SMILES string of the molecule is CC(C)CC(=O)N(Cc1c(-c2ccccc2)noc1N1CCCCC1)CC1CC1. The lowest BCUT2D eigenvalue weighted by Gasteiger charge is -2.28. The Morgan fingerprint density at radius 3 is 2.55 bits per heavy atom. The summed E-state index contributed by atoms with van der Waals surface area (Å²) < 4.78 is 5.91. The summed E-state index contributed by atoms with van der Waals surface area (Å²) in [6, 6.07) is 10.2. The summed E-state index contributed by atoms with van der Waals surface area (Å²) in [5.41, 5.74) is 3.00. The van der Waals surface area contributed by atoms with Gasteiger partial charge in [-0.2, -0.15) is 0 Å². The number of nitrogens with zero attached hydrogens (tertiary/aromatic N) is 3. The quantitative estimate of drug-likeness (QED) is 0.623. The van der Waals surface area contributed by atoms with Crippen molar-refractivity contribution in [3.05, 3.63) is 35.9 Å². The highest BCUT2D eigenvalue weighted by Gasteiger charge is 2.31. The molecule has 0 spiro atoms. The van der Waals surface area contributed by atoms with Gasteiger partial charge >= 0.3 is 0 Å². The van der Waals surface area contributed by atoms with Crippen molar-refractivity contribution in [1.82, 2.24) is 10.1 Å². The molecule has 5 heteroatoms. The largest absolute Gasteiger partial charge is 0.340 e. The van der Waals surface area contributed by atoms with Gasteiger partial charge in [0, 0.05) is 31.6 Å². The van der Waals surface area contributed by atoms with Gasteiger partial charge in [0.2, 0.25) is 11.8 Å². The van der Waals surface area contributed by atoms with Gasteiger partial charge in [-0.25, -0.2) is 0 Å². The van der Waals surface area contributed by atoms with E-state index >= 15 is 0 Å². The van der Waals surface area contributed by atoms with Gasteiger partial charge in [0.05, 0.1) is 12.1 Å². The van der Waals surface area contributed by atoms with Crippen LogP contribution in [-0.4, -0.2) is 35.6 Å². The topological polar surface area (TPSA) is 49.6 Å². The molecule has 0 bridgehead atoms. The second-order valence-electron chi connectivity index (χ2n) is 9.04. The lowest BCUT2D eigenvalue weighted by Crippen LogP contribution is -2.35. The molecule has 5 nitrogen and oxygen atoms in total. The van der Waals surface area contributed by atoms with Crippen LogP contribution >= 0.6 is 0 Å². The Hall–Kier alpha value is -2.30. The molecule has 2 fully saturated rings. The van der Waals surface area contributed by atoms with Crippen LogP contribution in [0.1, 0.15) is 57.9 Å². The molecule has 1 aliphatic heterocycles. The average molecular weight is 396 g/mol. The summed E-state index contributed by atoms with van der Waals surface area (Å²) in [6.07, 6.45) is 6.70. The van der Waals surface area contributed by atoms with Crippen LogP contribution in [0.5, 0.6) is 0 Å². The summed E-state index contributed by atoms with van der Waals surface area (Å²) in [5.74, 6) is 2.13. The minimum absolute atomic E-state index is 0.247. The zero-order valence-corrected chi connectivity index (χ0v) is 17.8. The Morgan fingerprint density at radius 2 is 1.90 bits per heavy atom. The fraction of sp³-hybridized carbons (Fsp3) is 0.583. The first kappa shape index (κ1) is 20.0. The van der Waals surface area contributed by atoms with Crippen LogP contribution in [0.3, 0.4) is 0 Å². The normalized spacial score (nSPS) is 17.0. The molecular formula is C24H33N3O2. The molecule has 156 valence electrons. The number of aromatic nitrogens is 1. The molecule has 1 aliphatic carbocycles. The zero-order valence-electron chi connectivity index (χ0n) is 17.8. The van der Waals surface area contributed by atoms with Crippen LogP contribution in [-0.2, 0) is 11.3 Å². The molecule has 2 aromatic rings. The first-order valence-corrected chi connectivity index (χ1v) is 11.2. The van der Waals surface area contributed by atoms with E-state index in [1.165, 1.54) is 32.1 Å². The molecule has 0 radical (unpaired) electrons. The van der Waals surface area contributed by atoms with Gasteiger partial charge in [-0.1, -0.05) is 49.3 Å².